The molecule has 3 aromatic rings. The van der Waals surface area contributed by atoms with Crippen LogP contribution in [0.3, 0.4) is 0 Å². The van der Waals surface area contributed by atoms with E-state index < -0.39 is 0 Å². The first kappa shape index (κ1) is 13.3. The Labute approximate surface area is 123 Å². The van der Waals surface area contributed by atoms with Gasteiger partial charge in [0.1, 0.15) is 23.0 Å². The summed E-state index contributed by atoms with van der Waals surface area (Å²) >= 11 is 0. The second-order valence-electron chi connectivity index (χ2n) is 4.62. The van der Waals surface area contributed by atoms with E-state index in [2.05, 4.69) is 0 Å². The van der Waals surface area contributed by atoms with Gasteiger partial charge in [-0.25, -0.2) is 0 Å². The van der Waals surface area contributed by atoms with E-state index in [0.717, 1.165) is 34.1 Å². The molecule has 0 aliphatic rings. The van der Waals surface area contributed by atoms with Crippen LogP contribution in [-0.2, 0) is 0 Å². The standard InChI is InChI=1S/C18H16O3/c1-19-15-7-3-13(4-8-15)17-11-12-18(21-17)14-5-9-16(20-2)10-6-14/h3-12H,1-2H3. The molecule has 3 rings (SSSR count). The largest absolute Gasteiger partial charge is 0.497 e. The topological polar surface area (TPSA) is 31.6 Å². The fourth-order valence-corrected chi connectivity index (χ4v) is 2.16. The smallest absolute Gasteiger partial charge is 0.134 e. The predicted octanol–water partition coefficient (Wildman–Crippen LogP) is 4.63. The highest BCUT2D eigenvalue weighted by molar-refractivity contribution is 5.65. The Balaban J connectivity index is 1.87. The van der Waals surface area contributed by atoms with Crippen molar-refractivity contribution in [1.82, 2.24) is 0 Å². The van der Waals surface area contributed by atoms with Gasteiger partial charge in [0.2, 0.25) is 0 Å². The number of hydrogen-bond donors (Lipinski definition) is 0. The zero-order chi connectivity index (χ0) is 14.7. The van der Waals surface area contributed by atoms with Crippen LogP contribution < -0.4 is 9.47 Å². The normalized spacial score (nSPS) is 10.4. The highest BCUT2D eigenvalue weighted by Gasteiger charge is 2.07. The maximum Gasteiger partial charge on any atom is 0.134 e. The van der Waals surface area contributed by atoms with Crippen molar-refractivity contribution < 1.29 is 13.9 Å². The molecule has 0 aliphatic carbocycles. The summed E-state index contributed by atoms with van der Waals surface area (Å²) in [6.45, 7) is 0. The van der Waals surface area contributed by atoms with E-state index in [1.807, 2.05) is 60.7 Å². The van der Waals surface area contributed by atoms with Gasteiger partial charge in [-0.05, 0) is 60.7 Å². The summed E-state index contributed by atoms with van der Waals surface area (Å²) in [5.41, 5.74) is 2.05. The second kappa shape index (κ2) is 5.75. The van der Waals surface area contributed by atoms with Crippen molar-refractivity contribution >= 4 is 0 Å². The third-order valence-electron chi connectivity index (χ3n) is 3.36. The Hall–Kier alpha value is -2.68. The number of benzene rings is 2. The molecule has 1 aromatic heterocycles. The van der Waals surface area contributed by atoms with Gasteiger partial charge in [0.25, 0.3) is 0 Å². The molecule has 0 unspecified atom stereocenters. The lowest BCUT2D eigenvalue weighted by atomic mass is 10.1. The third-order valence-corrected chi connectivity index (χ3v) is 3.36. The van der Waals surface area contributed by atoms with Crippen molar-refractivity contribution in [3.8, 4) is 34.1 Å². The van der Waals surface area contributed by atoms with Crippen molar-refractivity contribution in [1.29, 1.82) is 0 Å². The van der Waals surface area contributed by atoms with Gasteiger partial charge < -0.3 is 13.9 Å². The monoisotopic (exact) mass is 280 g/mol. The number of rotatable bonds is 4. The van der Waals surface area contributed by atoms with Gasteiger partial charge in [0, 0.05) is 11.1 Å². The van der Waals surface area contributed by atoms with Crippen LogP contribution in [0.5, 0.6) is 11.5 Å². The lowest BCUT2D eigenvalue weighted by Crippen LogP contribution is -1.82. The summed E-state index contributed by atoms with van der Waals surface area (Å²) < 4.78 is 16.2. The van der Waals surface area contributed by atoms with E-state index in [1.165, 1.54) is 0 Å². The molecule has 0 atom stereocenters. The first-order chi connectivity index (χ1) is 10.3. The van der Waals surface area contributed by atoms with Crippen LogP contribution in [0.15, 0.2) is 65.1 Å². The zero-order valence-electron chi connectivity index (χ0n) is 12.0. The maximum atomic E-state index is 5.92. The molecule has 0 radical (unpaired) electrons. The SMILES string of the molecule is COc1ccc(-c2ccc(-c3ccc(OC)cc3)o2)cc1. The van der Waals surface area contributed by atoms with E-state index in [0.29, 0.717) is 0 Å². The van der Waals surface area contributed by atoms with E-state index in [9.17, 15) is 0 Å². The van der Waals surface area contributed by atoms with Crippen LogP contribution in [0.2, 0.25) is 0 Å². The molecule has 0 amide bonds. The molecule has 21 heavy (non-hydrogen) atoms. The summed E-state index contributed by atoms with van der Waals surface area (Å²) in [7, 11) is 3.31. The summed E-state index contributed by atoms with van der Waals surface area (Å²) in [5.74, 6) is 3.34. The van der Waals surface area contributed by atoms with E-state index in [-0.39, 0.29) is 0 Å². The fourth-order valence-electron chi connectivity index (χ4n) is 2.16. The predicted molar refractivity (Wildman–Crippen MR) is 82.7 cm³/mol. The van der Waals surface area contributed by atoms with Crippen molar-refractivity contribution in [3.05, 3.63) is 60.7 Å². The van der Waals surface area contributed by atoms with Crippen LogP contribution >= 0.6 is 0 Å². The van der Waals surface area contributed by atoms with Crippen molar-refractivity contribution in [3.63, 3.8) is 0 Å². The molecular weight excluding hydrogens is 264 g/mol. The van der Waals surface area contributed by atoms with E-state index >= 15 is 0 Å². The van der Waals surface area contributed by atoms with E-state index in [4.69, 9.17) is 13.9 Å². The van der Waals surface area contributed by atoms with Crippen molar-refractivity contribution in [2.45, 2.75) is 0 Å². The van der Waals surface area contributed by atoms with Gasteiger partial charge in [-0.3, -0.25) is 0 Å². The van der Waals surface area contributed by atoms with Crippen LogP contribution in [0, 0.1) is 0 Å². The highest BCUT2D eigenvalue weighted by Crippen LogP contribution is 2.30. The number of ether oxygens (including phenoxy) is 2. The Kier molecular flexibility index (Phi) is 3.65. The average Bonchev–Trinajstić information content (AvgIpc) is 3.05. The van der Waals surface area contributed by atoms with Crippen molar-refractivity contribution in [2.75, 3.05) is 14.2 Å². The number of furan rings is 1. The van der Waals surface area contributed by atoms with E-state index in [1.54, 1.807) is 14.2 Å². The molecule has 0 bridgehead atoms. The van der Waals surface area contributed by atoms with Gasteiger partial charge >= 0.3 is 0 Å². The molecule has 0 saturated carbocycles. The Morgan fingerprint density at radius 2 is 0.952 bits per heavy atom. The molecule has 0 saturated heterocycles. The lowest BCUT2D eigenvalue weighted by molar-refractivity contribution is 0.415. The minimum atomic E-state index is 0.834. The summed E-state index contributed by atoms with van der Waals surface area (Å²) in [4.78, 5) is 0. The average molecular weight is 280 g/mol. The molecule has 3 heteroatoms. The molecule has 106 valence electrons. The molecule has 0 spiro atoms. The van der Waals surface area contributed by atoms with Gasteiger partial charge in [0.05, 0.1) is 14.2 Å². The molecule has 1 heterocycles. The summed E-state index contributed by atoms with van der Waals surface area (Å²) in [5, 5.41) is 0. The minimum Gasteiger partial charge on any atom is -0.497 e. The quantitative estimate of drug-likeness (QED) is 0.698. The van der Waals surface area contributed by atoms with Gasteiger partial charge in [0.15, 0.2) is 0 Å². The van der Waals surface area contributed by atoms with Gasteiger partial charge in [-0.2, -0.15) is 0 Å². The second-order valence-corrected chi connectivity index (χ2v) is 4.62. The minimum absolute atomic E-state index is 0.834. The molecule has 3 nitrogen and oxygen atoms in total. The highest BCUT2D eigenvalue weighted by atomic mass is 16.5. The van der Waals surface area contributed by atoms with Gasteiger partial charge in [-0.15, -0.1) is 0 Å². The third kappa shape index (κ3) is 2.77. The van der Waals surface area contributed by atoms with Crippen molar-refractivity contribution in [2.24, 2.45) is 0 Å². The first-order valence-electron chi connectivity index (χ1n) is 6.69. The Morgan fingerprint density at radius 3 is 1.29 bits per heavy atom. The lowest BCUT2D eigenvalue weighted by Gasteiger charge is -2.02. The summed E-state index contributed by atoms with van der Waals surface area (Å²) in [6.07, 6.45) is 0. The maximum absolute atomic E-state index is 5.92. The molecule has 0 aliphatic heterocycles. The van der Waals surface area contributed by atoms with Crippen LogP contribution in [0.25, 0.3) is 22.6 Å². The number of hydrogen-bond acceptors (Lipinski definition) is 3. The molecular formula is C18H16O3. The van der Waals surface area contributed by atoms with Crippen LogP contribution in [0.1, 0.15) is 0 Å². The number of methoxy groups -OCH3 is 2. The molecule has 0 N–H and O–H groups in total. The molecule has 0 fully saturated rings. The Morgan fingerprint density at radius 1 is 0.571 bits per heavy atom. The van der Waals surface area contributed by atoms with Gasteiger partial charge in [-0.1, -0.05) is 0 Å². The molecule has 2 aromatic carbocycles. The Bertz CT molecular complexity index is 647. The zero-order valence-corrected chi connectivity index (χ0v) is 12.0. The van der Waals surface area contributed by atoms with Crippen LogP contribution in [-0.4, -0.2) is 14.2 Å². The summed E-state index contributed by atoms with van der Waals surface area (Å²) in [6, 6.07) is 19.6. The first-order valence-corrected chi connectivity index (χ1v) is 6.69. The fraction of sp³-hybridized carbons (Fsp3) is 0.111. The van der Waals surface area contributed by atoms with Crippen LogP contribution in [0.4, 0.5) is 0 Å².